The second kappa shape index (κ2) is 10.8. The molecule has 2 amide bonds. The highest BCUT2D eigenvalue weighted by Crippen LogP contribution is 2.20. The Balaban J connectivity index is 2.19. The lowest BCUT2D eigenvalue weighted by atomic mass is 10.2. The number of hydrogen-bond acceptors (Lipinski definition) is 3. The van der Waals surface area contributed by atoms with Gasteiger partial charge in [-0.05, 0) is 48.1 Å². The molecule has 0 unspecified atom stereocenters. The minimum absolute atomic E-state index is 0.0104. The predicted octanol–water partition coefficient (Wildman–Crippen LogP) is 4.54. The van der Waals surface area contributed by atoms with Crippen LogP contribution in [0.5, 0.6) is 0 Å². The number of amides is 2. The highest BCUT2D eigenvalue weighted by Gasteiger charge is 2.21. The van der Waals surface area contributed by atoms with Crippen LogP contribution in [0.3, 0.4) is 0 Å². The van der Waals surface area contributed by atoms with Crippen molar-refractivity contribution in [1.82, 2.24) is 9.80 Å². The van der Waals surface area contributed by atoms with Crippen molar-refractivity contribution >= 4 is 23.2 Å². The highest BCUT2D eigenvalue weighted by atomic mass is 32.1. The molecule has 0 radical (unpaired) electrons. The molecule has 0 saturated carbocycles. The Hall–Kier alpha value is -2.47. The largest absolute Gasteiger partial charge is 0.332 e. The monoisotopic (exact) mass is 402 g/mol. The molecule has 0 aliphatic carbocycles. The van der Waals surface area contributed by atoms with Crippen molar-refractivity contribution in [3.63, 3.8) is 0 Å². The van der Waals surface area contributed by atoms with Crippen LogP contribution in [0.15, 0.2) is 48.4 Å². The van der Waals surface area contributed by atoms with E-state index in [1.165, 1.54) is 17.0 Å². The normalized spacial score (nSPS) is 10.5. The molecule has 0 aliphatic rings. The van der Waals surface area contributed by atoms with Gasteiger partial charge in [0, 0.05) is 24.4 Å². The van der Waals surface area contributed by atoms with Crippen molar-refractivity contribution in [2.45, 2.75) is 39.8 Å². The van der Waals surface area contributed by atoms with Gasteiger partial charge >= 0.3 is 0 Å². The number of halogens is 1. The highest BCUT2D eigenvalue weighted by molar-refractivity contribution is 7.10. The molecule has 0 atom stereocenters. The van der Waals surface area contributed by atoms with Gasteiger partial charge in [-0.25, -0.2) is 4.39 Å². The first-order valence-electron chi connectivity index (χ1n) is 9.38. The fraction of sp³-hybridized carbons (Fsp3) is 0.364. The van der Waals surface area contributed by atoms with Crippen LogP contribution in [0.25, 0.3) is 0 Å². The maximum Gasteiger partial charge on any atom is 0.242 e. The second-order valence-electron chi connectivity index (χ2n) is 6.72. The van der Waals surface area contributed by atoms with E-state index in [0.717, 1.165) is 22.4 Å². The Labute approximate surface area is 170 Å². The van der Waals surface area contributed by atoms with Gasteiger partial charge in [0.25, 0.3) is 0 Å². The Kier molecular flexibility index (Phi) is 8.39. The number of aryl methyl sites for hydroxylation is 1. The Bertz CT molecular complexity index is 801. The van der Waals surface area contributed by atoms with Crippen molar-refractivity contribution in [2.24, 2.45) is 0 Å². The lowest BCUT2D eigenvalue weighted by molar-refractivity contribution is -0.140. The average Bonchev–Trinajstić information content (AvgIpc) is 3.07. The smallest absolute Gasteiger partial charge is 0.242 e. The molecule has 0 aliphatic heterocycles. The molecular formula is C22H27FN2O2S. The average molecular weight is 403 g/mol. The summed E-state index contributed by atoms with van der Waals surface area (Å²) in [6.07, 6.45) is 2.77. The number of carbonyl (C=O) groups excluding carboxylic acids is 2. The molecule has 0 N–H and O–H groups in total. The molecule has 28 heavy (non-hydrogen) atoms. The van der Waals surface area contributed by atoms with Crippen molar-refractivity contribution in [2.75, 3.05) is 13.1 Å². The van der Waals surface area contributed by atoms with Crippen LogP contribution in [0, 0.1) is 12.7 Å². The molecule has 0 saturated heterocycles. The number of hydrogen-bond donors (Lipinski definition) is 0. The van der Waals surface area contributed by atoms with E-state index in [9.17, 15) is 14.0 Å². The van der Waals surface area contributed by atoms with E-state index in [4.69, 9.17) is 0 Å². The number of rotatable bonds is 10. The molecule has 0 fully saturated rings. The van der Waals surface area contributed by atoms with Crippen LogP contribution in [0.2, 0.25) is 0 Å². The zero-order chi connectivity index (χ0) is 20.5. The molecule has 1 aromatic heterocycles. The summed E-state index contributed by atoms with van der Waals surface area (Å²) in [6.45, 7) is 8.82. The fourth-order valence-corrected chi connectivity index (χ4v) is 3.75. The van der Waals surface area contributed by atoms with E-state index < -0.39 is 0 Å². The number of benzene rings is 1. The van der Waals surface area contributed by atoms with E-state index in [1.54, 1.807) is 34.4 Å². The Morgan fingerprint density at radius 1 is 1.11 bits per heavy atom. The summed E-state index contributed by atoms with van der Waals surface area (Å²) in [7, 11) is 0. The minimum Gasteiger partial charge on any atom is -0.332 e. The maximum atomic E-state index is 13.2. The number of thiophene rings is 1. The quantitative estimate of drug-likeness (QED) is 0.548. The molecule has 1 heterocycles. The van der Waals surface area contributed by atoms with Crippen LogP contribution in [0.1, 0.15) is 35.8 Å². The zero-order valence-electron chi connectivity index (χ0n) is 16.5. The lowest BCUT2D eigenvalue weighted by Gasteiger charge is -2.27. The van der Waals surface area contributed by atoms with Gasteiger partial charge in [0.15, 0.2) is 0 Å². The fourth-order valence-electron chi connectivity index (χ4n) is 2.83. The zero-order valence-corrected chi connectivity index (χ0v) is 17.3. The van der Waals surface area contributed by atoms with Crippen molar-refractivity contribution in [1.29, 1.82) is 0 Å². The third-order valence-electron chi connectivity index (χ3n) is 4.43. The van der Waals surface area contributed by atoms with Crippen LogP contribution in [0.4, 0.5) is 4.39 Å². The van der Waals surface area contributed by atoms with Crippen molar-refractivity contribution in [3.05, 3.63) is 70.2 Å². The SMILES string of the molecule is C=CCN(CC(=O)N(Cc1ccc(F)cc1)Cc1sccc1C)C(=O)CCC. The maximum absolute atomic E-state index is 13.2. The third-order valence-corrected chi connectivity index (χ3v) is 5.44. The lowest BCUT2D eigenvalue weighted by Crippen LogP contribution is -2.42. The predicted molar refractivity (Wildman–Crippen MR) is 111 cm³/mol. The van der Waals surface area contributed by atoms with Gasteiger partial charge in [0.2, 0.25) is 11.8 Å². The summed E-state index contributed by atoms with van der Waals surface area (Å²) in [5.74, 6) is -0.494. The van der Waals surface area contributed by atoms with Crippen molar-refractivity contribution < 1.29 is 14.0 Å². The van der Waals surface area contributed by atoms with E-state index in [0.29, 0.717) is 26.1 Å². The summed E-state index contributed by atoms with van der Waals surface area (Å²) >= 11 is 1.60. The molecule has 0 bridgehead atoms. The Morgan fingerprint density at radius 3 is 2.39 bits per heavy atom. The summed E-state index contributed by atoms with van der Waals surface area (Å²) < 4.78 is 13.2. The molecule has 4 nitrogen and oxygen atoms in total. The van der Waals surface area contributed by atoms with Crippen LogP contribution >= 0.6 is 11.3 Å². The molecule has 2 rings (SSSR count). The van der Waals surface area contributed by atoms with Gasteiger partial charge in [-0.1, -0.05) is 25.1 Å². The summed E-state index contributed by atoms with van der Waals surface area (Å²) in [6, 6.07) is 8.17. The van der Waals surface area contributed by atoms with E-state index >= 15 is 0 Å². The van der Waals surface area contributed by atoms with Gasteiger partial charge in [-0.2, -0.15) is 0 Å². The van der Waals surface area contributed by atoms with E-state index in [-0.39, 0.29) is 24.2 Å². The van der Waals surface area contributed by atoms with Gasteiger partial charge in [0.1, 0.15) is 12.4 Å². The molecule has 6 heteroatoms. The second-order valence-corrected chi connectivity index (χ2v) is 7.72. The molecule has 0 spiro atoms. The van der Waals surface area contributed by atoms with E-state index in [2.05, 4.69) is 6.58 Å². The summed E-state index contributed by atoms with van der Waals surface area (Å²) in [4.78, 5) is 29.8. The minimum atomic E-state index is -0.307. The first kappa shape index (κ1) is 21.8. The number of nitrogens with zero attached hydrogens (tertiary/aromatic N) is 2. The van der Waals surface area contributed by atoms with Gasteiger partial charge < -0.3 is 9.80 Å². The number of carbonyl (C=O) groups is 2. The van der Waals surface area contributed by atoms with Gasteiger partial charge in [0.05, 0.1) is 6.54 Å². The molecular weight excluding hydrogens is 375 g/mol. The van der Waals surface area contributed by atoms with Crippen LogP contribution in [-0.4, -0.2) is 34.7 Å². The standard InChI is InChI=1S/C22H27FN2O2S/c1-4-6-21(26)24(12-5-2)16-22(27)25(15-20-17(3)11-13-28-20)14-18-7-9-19(23)10-8-18/h5,7-11,13H,2,4,6,12,14-16H2,1,3H3. The van der Waals surface area contributed by atoms with E-state index in [1.807, 2.05) is 25.3 Å². The Morgan fingerprint density at radius 2 is 1.82 bits per heavy atom. The summed E-state index contributed by atoms with van der Waals surface area (Å²) in [5.41, 5.74) is 1.98. The molecule has 150 valence electrons. The van der Waals surface area contributed by atoms with Gasteiger partial charge in [-0.3, -0.25) is 9.59 Å². The third kappa shape index (κ3) is 6.30. The van der Waals surface area contributed by atoms with Crippen LogP contribution < -0.4 is 0 Å². The van der Waals surface area contributed by atoms with Crippen LogP contribution in [-0.2, 0) is 22.7 Å². The molecule has 2 aromatic rings. The van der Waals surface area contributed by atoms with Crippen molar-refractivity contribution in [3.8, 4) is 0 Å². The molecule has 1 aromatic carbocycles. The van der Waals surface area contributed by atoms with Gasteiger partial charge in [-0.15, -0.1) is 17.9 Å². The topological polar surface area (TPSA) is 40.6 Å². The first-order chi connectivity index (χ1) is 13.4. The summed E-state index contributed by atoms with van der Waals surface area (Å²) in [5, 5.41) is 2.00. The first-order valence-corrected chi connectivity index (χ1v) is 10.3.